The highest BCUT2D eigenvalue weighted by Crippen LogP contribution is 1.96. The molecule has 0 rings (SSSR count). The van der Waals surface area contributed by atoms with Gasteiger partial charge in [0.15, 0.2) is 9.84 Å². The molecule has 0 unspecified atom stereocenters. The number of carbonyl (C=O) groups is 2. The van der Waals surface area contributed by atoms with E-state index in [0.29, 0.717) is 6.61 Å². The first-order valence-corrected chi connectivity index (χ1v) is 7.42. The van der Waals surface area contributed by atoms with E-state index in [-0.39, 0.29) is 31.0 Å². The summed E-state index contributed by atoms with van der Waals surface area (Å²) in [6.45, 7) is 2.24. The Morgan fingerprint density at radius 2 is 1.89 bits per heavy atom. The summed E-state index contributed by atoms with van der Waals surface area (Å²) >= 11 is 0. The average molecular weight is 280 g/mol. The van der Waals surface area contributed by atoms with Crippen molar-refractivity contribution in [1.29, 1.82) is 0 Å². The highest BCUT2D eigenvalue weighted by atomic mass is 32.2. The predicted molar refractivity (Wildman–Crippen MR) is 66.6 cm³/mol. The molecule has 8 heteroatoms. The average Bonchev–Trinajstić information content (AvgIpc) is 2.24. The first-order valence-electron chi connectivity index (χ1n) is 5.59. The van der Waals surface area contributed by atoms with Crippen molar-refractivity contribution in [2.45, 2.75) is 13.3 Å². The summed E-state index contributed by atoms with van der Waals surface area (Å²) in [5.74, 6) is -1.40. The Balaban J connectivity index is 4.00. The van der Waals surface area contributed by atoms with E-state index in [4.69, 9.17) is 10.5 Å². The maximum atomic E-state index is 11.5. The number of rotatable bonds is 9. The quantitative estimate of drug-likeness (QED) is 0.530. The molecule has 7 nitrogen and oxygen atoms in total. The molecule has 0 fully saturated rings. The number of hydrogen-bond donors (Lipinski definition) is 1. The van der Waals surface area contributed by atoms with Crippen LogP contribution in [0.3, 0.4) is 0 Å². The van der Waals surface area contributed by atoms with Crippen LogP contribution in [0, 0.1) is 0 Å². The molecule has 0 aromatic heterocycles. The molecule has 2 N–H and O–H groups in total. The van der Waals surface area contributed by atoms with Crippen LogP contribution in [0.1, 0.15) is 13.3 Å². The molecule has 0 spiro atoms. The SMILES string of the molecule is CCOC(=O)CN(C)CCS(=O)(=O)CCC(N)=O. The van der Waals surface area contributed by atoms with E-state index in [1.807, 2.05) is 0 Å². The Bertz CT molecular complexity index is 380. The molecular formula is C10H20N2O5S. The molecule has 106 valence electrons. The number of hydrogen-bond acceptors (Lipinski definition) is 6. The molecule has 0 aliphatic carbocycles. The van der Waals surface area contributed by atoms with E-state index < -0.39 is 21.7 Å². The van der Waals surface area contributed by atoms with Crippen molar-refractivity contribution in [3.8, 4) is 0 Å². The third-order valence-corrected chi connectivity index (χ3v) is 3.78. The Kier molecular flexibility index (Phi) is 7.53. The van der Waals surface area contributed by atoms with Gasteiger partial charge in [-0.3, -0.25) is 14.5 Å². The second-order valence-electron chi connectivity index (χ2n) is 3.91. The van der Waals surface area contributed by atoms with Gasteiger partial charge in [-0.25, -0.2) is 8.42 Å². The Hall–Kier alpha value is -1.15. The van der Waals surface area contributed by atoms with E-state index in [2.05, 4.69) is 0 Å². The number of amides is 1. The minimum Gasteiger partial charge on any atom is -0.465 e. The number of primary amides is 1. The minimum absolute atomic E-state index is 0.0409. The van der Waals surface area contributed by atoms with Gasteiger partial charge in [0.2, 0.25) is 5.91 Å². The summed E-state index contributed by atoms with van der Waals surface area (Å²) in [5, 5.41) is 0. The van der Waals surface area contributed by atoms with E-state index in [0.717, 1.165) is 0 Å². The molecule has 0 aromatic carbocycles. The van der Waals surface area contributed by atoms with Crippen molar-refractivity contribution in [3.05, 3.63) is 0 Å². The molecule has 0 aliphatic rings. The van der Waals surface area contributed by atoms with Gasteiger partial charge in [0.1, 0.15) is 0 Å². The van der Waals surface area contributed by atoms with Crippen molar-refractivity contribution in [3.63, 3.8) is 0 Å². The van der Waals surface area contributed by atoms with Crippen LogP contribution < -0.4 is 5.73 Å². The van der Waals surface area contributed by atoms with Crippen molar-refractivity contribution in [1.82, 2.24) is 4.90 Å². The third kappa shape index (κ3) is 8.94. The Labute approximate surface area is 107 Å². The smallest absolute Gasteiger partial charge is 0.320 e. The topological polar surface area (TPSA) is 107 Å². The van der Waals surface area contributed by atoms with Gasteiger partial charge in [0.05, 0.1) is 24.7 Å². The molecular weight excluding hydrogens is 260 g/mol. The Morgan fingerprint density at radius 3 is 2.39 bits per heavy atom. The maximum Gasteiger partial charge on any atom is 0.320 e. The molecule has 0 aliphatic heterocycles. The number of nitrogens with zero attached hydrogens (tertiary/aromatic N) is 1. The second kappa shape index (κ2) is 8.04. The van der Waals surface area contributed by atoms with Gasteiger partial charge in [-0.05, 0) is 14.0 Å². The highest BCUT2D eigenvalue weighted by Gasteiger charge is 2.15. The lowest BCUT2D eigenvalue weighted by Gasteiger charge is -2.15. The van der Waals surface area contributed by atoms with Crippen LogP contribution >= 0.6 is 0 Å². The van der Waals surface area contributed by atoms with Gasteiger partial charge in [-0.1, -0.05) is 0 Å². The summed E-state index contributed by atoms with van der Waals surface area (Å²) in [7, 11) is -1.69. The van der Waals surface area contributed by atoms with E-state index in [1.165, 1.54) is 0 Å². The number of carbonyl (C=O) groups excluding carboxylic acids is 2. The molecule has 18 heavy (non-hydrogen) atoms. The molecule has 0 saturated heterocycles. The van der Waals surface area contributed by atoms with E-state index in [9.17, 15) is 18.0 Å². The summed E-state index contributed by atoms with van der Waals surface area (Å²) in [6.07, 6.45) is -0.177. The van der Waals surface area contributed by atoms with Crippen molar-refractivity contribution >= 4 is 21.7 Å². The van der Waals surface area contributed by atoms with Crippen LogP contribution in [0.5, 0.6) is 0 Å². The Morgan fingerprint density at radius 1 is 1.28 bits per heavy atom. The molecule has 0 atom stereocenters. The number of sulfone groups is 1. The largest absolute Gasteiger partial charge is 0.465 e. The second-order valence-corrected chi connectivity index (χ2v) is 6.21. The monoisotopic (exact) mass is 280 g/mol. The van der Waals surface area contributed by atoms with E-state index >= 15 is 0 Å². The predicted octanol–water partition coefficient (Wildman–Crippen LogP) is -1.23. The van der Waals surface area contributed by atoms with Crippen molar-refractivity contribution in [2.24, 2.45) is 5.73 Å². The van der Waals surface area contributed by atoms with Crippen molar-refractivity contribution < 1.29 is 22.7 Å². The summed E-state index contributed by atoms with van der Waals surface area (Å²) in [5.41, 5.74) is 4.88. The van der Waals surface area contributed by atoms with Crippen LogP contribution in [-0.4, -0.2) is 63.4 Å². The summed E-state index contributed by atoms with van der Waals surface area (Å²) in [6, 6.07) is 0. The van der Waals surface area contributed by atoms with Gasteiger partial charge in [-0.2, -0.15) is 0 Å². The molecule has 0 bridgehead atoms. The fourth-order valence-electron chi connectivity index (χ4n) is 1.16. The van der Waals surface area contributed by atoms with Crippen LogP contribution in [0.25, 0.3) is 0 Å². The zero-order chi connectivity index (χ0) is 14.2. The van der Waals surface area contributed by atoms with Gasteiger partial charge in [0, 0.05) is 13.0 Å². The number of ether oxygens (including phenoxy) is 1. The molecule has 1 amide bonds. The van der Waals surface area contributed by atoms with Crippen LogP contribution in [0.15, 0.2) is 0 Å². The normalized spacial score (nSPS) is 11.5. The van der Waals surface area contributed by atoms with Crippen LogP contribution in [0.2, 0.25) is 0 Å². The summed E-state index contributed by atoms with van der Waals surface area (Å²) in [4.78, 5) is 23.2. The lowest BCUT2D eigenvalue weighted by atomic mass is 10.5. The molecule has 0 heterocycles. The lowest BCUT2D eigenvalue weighted by molar-refractivity contribution is -0.144. The van der Waals surface area contributed by atoms with Gasteiger partial charge in [0.25, 0.3) is 0 Å². The van der Waals surface area contributed by atoms with E-state index in [1.54, 1.807) is 18.9 Å². The maximum absolute atomic E-state index is 11.5. The van der Waals surface area contributed by atoms with Gasteiger partial charge in [-0.15, -0.1) is 0 Å². The molecule has 0 saturated carbocycles. The van der Waals surface area contributed by atoms with Crippen LogP contribution in [0.4, 0.5) is 0 Å². The highest BCUT2D eigenvalue weighted by molar-refractivity contribution is 7.91. The zero-order valence-corrected chi connectivity index (χ0v) is 11.5. The standard InChI is InChI=1S/C10H20N2O5S/c1-3-17-10(14)8-12(2)5-7-18(15,16)6-4-9(11)13/h3-8H2,1-2H3,(H2,11,13). The lowest BCUT2D eigenvalue weighted by Crippen LogP contribution is -2.32. The summed E-state index contributed by atoms with van der Waals surface area (Å²) < 4.78 is 27.7. The van der Waals surface area contributed by atoms with Crippen LogP contribution in [-0.2, 0) is 24.2 Å². The first kappa shape index (κ1) is 16.9. The van der Waals surface area contributed by atoms with Gasteiger partial charge < -0.3 is 10.5 Å². The van der Waals surface area contributed by atoms with Crippen molar-refractivity contribution in [2.75, 3.05) is 38.2 Å². The molecule has 0 aromatic rings. The third-order valence-electron chi connectivity index (χ3n) is 2.15. The first-order chi connectivity index (χ1) is 8.26. The van der Waals surface area contributed by atoms with Gasteiger partial charge >= 0.3 is 5.97 Å². The number of nitrogens with two attached hydrogens (primary N) is 1. The number of likely N-dealkylation sites (N-methyl/N-ethyl adjacent to an activating group) is 1. The molecule has 0 radical (unpaired) electrons. The minimum atomic E-state index is -3.31. The fraction of sp³-hybridized carbons (Fsp3) is 0.800. The zero-order valence-electron chi connectivity index (χ0n) is 10.7. The fourth-order valence-corrected chi connectivity index (χ4v) is 2.47. The number of esters is 1.